The summed E-state index contributed by atoms with van der Waals surface area (Å²) >= 11 is 1.40. The maximum atomic E-state index is 12.2. The topological polar surface area (TPSA) is 84.2 Å². The van der Waals surface area contributed by atoms with E-state index in [0.29, 0.717) is 11.3 Å². The molecule has 0 spiro atoms. The van der Waals surface area contributed by atoms with Gasteiger partial charge in [0.25, 0.3) is 0 Å². The number of para-hydroxylation sites is 2. The van der Waals surface area contributed by atoms with E-state index < -0.39 is 5.97 Å². The molecule has 0 aliphatic rings. The van der Waals surface area contributed by atoms with Crippen LogP contribution in [0.4, 0.5) is 5.69 Å². The van der Waals surface area contributed by atoms with Crippen molar-refractivity contribution in [1.29, 1.82) is 0 Å². The molecule has 0 atom stereocenters. The number of thioether (sulfide) groups is 1. The SMILES string of the molecule is CCn1c(SCC(=O)Nc2ccc(CC(=O)O)cc2)nc2ccccc21. The minimum Gasteiger partial charge on any atom is -0.481 e. The van der Waals surface area contributed by atoms with E-state index in [4.69, 9.17) is 5.11 Å². The van der Waals surface area contributed by atoms with Crippen LogP contribution < -0.4 is 5.32 Å². The summed E-state index contributed by atoms with van der Waals surface area (Å²) in [5, 5.41) is 12.4. The number of nitrogens with zero attached hydrogens (tertiary/aromatic N) is 2. The summed E-state index contributed by atoms with van der Waals surface area (Å²) in [6.45, 7) is 2.84. The first-order chi connectivity index (χ1) is 12.6. The van der Waals surface area contributed by atoms with Gasteiger partial charge in [-0.2, -0.15) is 0 Å². The summed E-state index contributed by atoms with van der Waals surface area (Å²) in [5.74, 6) is -0.757. The lowest BCUT2D eigenvalue weighted by molar-refractivity contribution is -0.136. The average molecular weight is 369 g/mol. The Balaban J connectivity index is 1.61. The number of fused-ring (bicyclic) bond motifs is 1. The number of aromatic nitrogens is 2. The standard InChI is InChI=1S/C19H19N3O3S/c1-2-22-16-6-4-3-5-15(16)21-19(22)26-12-17(23)20-14-9-7-13(8-10-14)11-18(24)25/h3-10H,2,11-12H2,1H3,(H,20,23)(H,24,25). The molecule has 0 aliphatic heterocycles. The van der Waals surface area contributed by atoms with Crippen molar-refractivity contribution in [3.05, 3.63) is 54.1 Å². The third-order valence-corrected chi connectivity index (χ3v) is 4.84. The molecular weight excluding hydrogens is 350 g/mol. The van der Waals surface area contributed by atoms with Gasteiger partial charge >= 0.3 is 5.97 Å². The summed E-state index contributed by atoms with van der Waals surface area (Å²) in [6.07, 6.45) is -0.0304. The lowest BCUT2D eigenvalue weighted by Gasteiger charge is -2.07. The molecule has 0 fully saturated rings. The first kappa shape index (κ1) is 18.0. The molecule has 0 saturated heterocycles. The fourth-order valence-electron chi connectivity index (χ4n) is 2.68. The monoisotopic (exact) mass is 369 g/mol. The fraction of sp³-hybridized carbons (Fsp3) is 0.211. The second-order valence-electron chi connectivity index (χ2n) is 5.73. The van der Waals surface area contributed by atoms with Gasteiger partial charge in [-0.1, -0.05) is 36.0 Å². The zero-order chi connectivity index (χ0) is 18.5. The third kappa shape index (κ3) is 4.23. The van der Waals surface area contributed by atoms with Crippen molar-refractivity contribution in [1.82, 2.24) is 9.55 Å². The van der Waals surface area contributed by atoms with Crippen LogP contribution in [0.1, 0.15) is 12.5 Å². The lowest BCUT2D eigenvalue weighted by Crippen LogP contribution is -2.14. The number of carbonyl (C=O) groups excluding carboxylic acids is 1. The van der Waals surface area contributed by atoms with Gasteiger partial charge < -0.3 is 15.0 Å². The smallest absolute Gasteiger partial charge is 0.307 e. The van der Waals surface area contributed by atoms with Crippen molar-refractivity contribution >= 4 is 40.4 Å². The maximum Gasteiger partial charge on any atom is 0.307 e. The minimum absolute atomic E-state index is 0.0304. The number of hydrogen-bond donors (Lipinski definition) is 2. The summed E-state index contributed by atoms with van der Waals surface area (Å²) in [7, 11) is 0. The van der Waals surface area contributed by atoms with E-state index in [1.54, 1.807) is 24.3 Å². The molecule has 7 heteroatoms. The first-order valence-corrected chi connectivity index (χ1v) is 9.24. The first-order valence-electron chi connectivity index (χ1n) is 8.25. The van der Waals surface area contributed by atoms with Crippen LogP contribution >= 0.6 is 11.8 Å². The van der Waals surface area contributed by atoms with Crippen molar-refractivity contribution in [3.8, 4) is 0 Å². The molecule has 3 aromatic rings. The van der Waals surface area contributed by atoms with Crippen molar-refractivity contribution in [2.24, 2.45) is 0 Å². The Hall–Kier alpha value is -2.80. The summed E-state index contributed by atoms with van der Waals surface area (Å²) < 4.78 is 2.09. The van der Waals surface area contributed by atoms with Crippen molar-refractivity contribution in [2.75, 3.05) is 11.1 Å². The molecule has 0 unspecified atom stereocenters. The zero-order valence-electron chi connectivity index (χ0n) is 14.3. The van der Waals surface area contributed by atoms with E-state index in [0.717, 1.165) is 22.7 Å². The Bertz CT molecular complexity index is 935. The van der Waals surface area contributed by atoms with E-state index >= 15 is 0 Å². The van der Waals surface area contributed by atoms with Crippen LogP contribution in [0, 0.1) is 0 Å². The quantitative estimate of drug-likeness (QED) is 0.624. The molecule has 1 aromatic heterocycles. The van der Waals surface area contributed by atoms with Crippen LogP contribution in [-0.2, 0) is 22.6 Å². The Morgan fingerprint density at radius 1 is 1.15 bits per heavy atom. The van der Waals surface area contributed by atoms with Crippen molar-refractivity contribution in [3.63, 3.8) is 0 Å². The number of rotatable bonds is 7. The second-order valence-corrected chi connectivity index (χ2v) is 6.67. The van der Waals surface area contributed by atoms with Crippen LogP contribution in [0.15, 0.2) is 53.7 Å². The highest BCUT2D eigenvalue weighted by Gasteiger charge is 2.12. The second kappa shape index (κ2) is 8.05. The number of carboxylic acid groups (broad SMARTS) is 1. The largest absolute Gasteiger partial charge is 0.481 e. The van der Waals surface area contributed by atoms with E-state index in [9.17, 15) is 9.59 Å². The van der Waals surface area contributed by atoms with Gasteiger partial charge in [-0.15, -0.1) is 0 Å². The number of hydrogen-bond acceptors (Lipinski definition) is 4. The van der Waals surface area contributed by atoms with Gasteiger partial charge in [0.15, 0.2) is 5.16 Å². The van der Waals surface area contributed by atoms with Crippen LogP contribution in [0.25, 0.3) is 11.0 Å². The number of nitrogens with one attached hydrogen (secondary N) is 1. The van der Waals surface area contributed by atoms with Gasteiger partial charge in [-0.05, 0) is 36.8 Å². The Morgan fingerprint density at radius 3 is 2.58 bits per heavy atom. The van der Waals surface area contributed by atoms with Crippen molar-refractivity contribution in [2.45, 2.75) is 25.0 Å². The van der Waals surface area contributed by atoms with Gasteiger partial charge in [-0.25, -0.2) is 4.98 Å². The average Bonchev–Trinajstić information content (AvgIpc) is 2.98. The van der Waals surface area contributed by atoms with E-state index in [-0.39, 0.29) is 18.1 Å². The number of imidazole rings is 1. The van der Waals surface area contributed by atoms with Gasteiger partial charge in [0.2, 0.25) is 5.91 Å². The molecule has 0 saturated carbocycles. The van der Waals surface area contributed by atoms with Crippen molar-refractivity contribution < 1.29 is 14.7 Å². The molecule has 3 rings (SSSR count). The molecule has 134 valence electrons. The molecule has 0 aliphatic carbocycles. The summed E-state index contributed by atoms with van der Waals surface area (Å²) in [6, 6.07) is 14.7. The fourth-order valence-corrected chi connectivity index (χ4v) is 3.56. The molecule has 0 radical (unpaired) electrons. The number of amides is 1. The highest BCUT2D eigenvalue weighted by molar-refractivity contribution is 7.99. The number of aryl methyl sites for hydroxylation is 1. The number of benzene rings is 2. The Labute approximate surface area is 155 Å². The van der Waals surface area contributed by atoms with Crippen LogP contribution in [0.2, 0.25) is 0 Å². The number of aliphatic carboxylic acids is 1. The third-order valence-electron chi connectivity index (χ3n) is 3.86. The van der Waals surface area contributed by atoms with Crippen LogP contribution in [0.3, 0.4) is 0 Å². The predicted octanol–water partition coefficient (Wildman–Crippen LogP) is 3.41. The van der Waals surface area contributed by atoms with Gasteiger partial charge in [0, 0.05) is 12.2 Å². The summed E-state index contributed by atoms with van der Waals surface area (Å²) in [4.78, 5) is 27.5. The van der Waals surface area contributed by atoms with E-state index in [1.807, 2.05) is 24.3 Å². The van der Waals surface area contributed by atoms with E-state index in [1.165, 1.54) is 11.8 Å². The van der Waals surface area contributed by atoms with Gasteiger partial charge in [-0.3, -0.25) is 9.59 Å². The lowest BCUT2D eigenvalue weighted by atomic mass is 10.1. The molecule has 1 heterocycles. The molecule has 6 nitrogen and oxygen atoms in total. The van der Waals surface area contributed by atoms with Gasteiger partial charge in [0.05, 0.1) is 23.2 Å². The number of anilines is 1. The van der Waals surface area contributed by atoms with Crippen LogP contribution in [-0.4, -0.2) is 32.3 Å². The molecular formula is C19H19N3O3S. The number of carbonyl (C=O) groups is 2. The normalized spacial score (nSPS) is 10.8. The highest BCUT2D eigenvalue weighted by atomic mass is 32.2. The molecule has 0 bridgehead atoms. The highest BCUT2D eigenvalue weighted by Crippen LogP contribution is 2.24. The molecule has 2 N–H and O–H groups in total. The van der Waals surface area contributed by atoms with Crippen LogP contribution in [0.5, 0.6) is 0 Å². The zero-order valence-corrected chi connectivity index (χ0v) is 15.1. The Morgan fingerprint density at radius 2 is 1.88 bits per heavy atom. The summed E-state index contributed by atoms with van der Waals surface area (Å²) in [5.41, 5.74) is 3.33. The Kier molecular flexibility index (Phi) is 5.58. The van der Waals surface area contributed by atoms with E-state index in [2.05, 4.69) is 21.8 Å². The maximum absolute atomic E-state index is 12.2. The predicted molar refractivity (Wildman–Crippen MR) is 103 cm³/mol. The molecule has 1 amide bonds. The minimum atomic E-state index is -0.878. The molecule has 26 heavy (non-hydrogen) atoms. The molecule has 2 aromatic carbocycles. The number of carboxylic acids is 1. The van der Waals surface area contributed by atoms with Gasteiger partial charge in [0.1, 0.15) is 0 Å².